The summed E-state index contributed by atoms with van der Waals surface area (Å²) in [6, 6.07) is 12.3. The van der Waals surface area contributed by atoms with Crippen LogP contribution >= 0.6 is 11.6 Å². The summed E-state index contributed by atoms with van der Waals surface area (Å²) in [7, 11) is -2.01. The van der Waals surface area contributed by atoms with Gasteiger partial charge in [-0.15, -0.1) is 0 Å². The Labute approximate surface area is 146 Å². The van der Waals surface area contributed by atoms with E-state index in [0.717, 1.165) is 30.0 Å². The summed E-state index contributed by atoms with van der Waals surface area (Å²) in [5.41, 5.74) is 2.01. The van der Waals surface area contributed by atoms with E-state index in [1.165, 1.54) is 0 Å². The lowest BCUT2D eigenvalue weighted by molar-refractivity contribution is 0.416. The topological polar surface area (TPSA) is 81.4 Å². The van der Waals surface area contributed by atoms with Crippen LogP contribution < -0.4 is 15.2 Å². The lowest BCUT2D eigenvalue weighted by Gasteiger charge is -2.11. The molecule has 1 fully saturated rings. The van der Waals surface area contributed by atoms with Gasteiger partial charge in [-0.05, 0) is 54.2 Å². The number of anilines is 1. The smallest absolute Gasteiger partial charge is 0.238 e. The van der Waals surface area contributed by atoms with E-state index in [1.807, 2.05) is 24.3 Å². The van der Waals surface area contributed by atoms with Gasteiger partial charge in [-0.25, -0.2) is 13.6 Å². The summed E-state index contributed by atoms with van der Waals surface area (Å²) in [5.74, 6) is 1.68. The zero-order valence-electron chi connectivity index (χ0n) is 13.2. The number of sulfonamides is 1. The summed E-state index contributed by atoms with van der Waals surface area (Å²) < 4.78 is 27.9. The van der Waals surface area contributed by atoms with E-state index in [4.69, 9.17) is 21.5 Å². The summed E-state index contributed by atoms with van der Waals surface area (Å²) in [6.07, 6.45) is 1.06. The maximum atomic E-state index is 11.3. The van der Waals surface area contributed by atoms with Crippen LogP contribution in [-0.2, 0) is 10.0 Å². The van der Waals surface area contributed by atoms with Gasteiger partial charge in [0.25, 0.3) is 0 Å². The average molecular weight is 367 g/mol. The van der Waals surface area contributed by atoms with E-state index in [0.29, 0.717) is 16.9 Å². The van der Waals surface area contributed by atoms with Crippen molar-refractivity contribution < 1.29 is 13.2 Å². The molecule has 0 bridgehead atoms. The van der Waals surface area contributed by atoms with E-state index in [1.54, 1.807) is 25.3 Å². The van der Waals surface area contributed by atoms with Crippen LogP contribution in [0.25, 0.3) is 0 Å². The minimum atomic E-state index is -3.64. The number of nitrogens with one attached hydrogen (secondary N) is 1. The van der Waals surface area contributed by atoms with Crippen molar-refractivity contribution in [1.29, 1.82) is 0 Å². The van der Waals surface area contributed by atoms with E-state index in [-0.39, 0.29) is 4.90 Å². The molecule has 1 aliphatic rings. The molecule has 0 radical (unpaired) electrons. The third-order valence-corrected chi connectivity index (χ3v) is 5.44. The number of hydrogen-bond donors (Lipinski definition) is 2. The first-order valence-electron chi connectivity index (χ1n) is 7.58. The molecule has 1 saturated carbocycles. The van der Waals surface area contributed by atoms with Crippen LogP contribution in [0.1, 0.15) is 17.9 Å². The zero-order valence-corrected chi connectivity index (χ0v) is 14.8. The van der Waals surface area contributed by atoms with Crippen molar-refractivity contribution in [2.24, 2.45) is 11.1 Å². The molecule has 5 nitrogen and oxygen atoms in total. The summed E-state index contributed by atoms with van der Waals surface area (Å²) in [5, 5.41) is 9.15. The fourth-order valence-corrected chi connectivity index (χ4v) is 3.53. The van der Waals surface area contributed by atoms with Crippen LogP contribution in [0.2, 0.25) is 5.02 Å². The minimum Gasteiger partial charge on any atom is -0.495 e. The highest BCUT2D eigenvalue weighted by atomic mass is 35.5. The van der Waals surface area contributed by atoms with Crippen molar-refractivity contribution >= 4 is 27.3 Å². The lowest BCUT2D eigenvalue weighted by atomic mass is 10.1. The van der Waals surface area contributed by atoms with Gasteiger partial charge in [0.15, 0.2) is 0 Å². The van der Waals surface area contributed by atoms with Crippen molar-refractivity contribution in [1.82, 2.24) is 0 Å². The highest BCUT2D eigenvalue weighted by Gasteiger charge is 2.38. The normalized spacial score (nSPS) is 19.8. The monoisotopic (exact) mass is 366 g/mol. The third-order valence-electron chi connectivity index (χ3n) is 4.28. The summed E-state index contributed by atoms with van der Waals surface area (Å²) in [6.45, 7) is 0.804. The molecule has 0 amide bonds. The molecule has 2 atom stereocenters. The molecular formula is C17H19ClN2O3S. The zero-order chi connectivity index (χ0) is 17.3. The minimum absolute atomic E-state index is 0.144. The second-order valence-electron chi connectivity index (χ2n) is 5.94. The number of hydrogen-bond acceptors (Lipinski definition) is 4. The van der Waals surface area contributed by atoms with Gasteiger partial charge in [0, 0.05) is 11.6 Å². The number of halogens is 1. The van der Waals surface area contributed by atoms with Crippen molar-refractivity contribution in [3.63, 3.8) is 0 Å². The Morgan fingerprint density at radius 1 is 1.25 bits per heavy atom. The van der Waals surface area contributed by atoms with Crippen molar-refractivity contribution in [3.8, 4) is 5.75 Å². The van der Waals surface area contributed by atoms with E-state index in [9.17, 15) is 8.42 Å². The molecule has 7 heteroatoms. The molecule has 2 aromatic rings. The first-order chi connectivity index (χ1) is 11.4. The Hall–Kier alpha value is -1.76. The largest absolute Gasteiger partial charge is 0.495 e. The molecule has 24 heavy (non-hydrogen) atoms. The maximum absolute atomic E-state index is 11.3. The van der Waals surface area contributed by atoms with Crippen molar-refractivity contribution in [2.45, 2.75) is 17.2 Å². The Morgan fingerprint density at radius 2 is 1.96 bits per heavy atom. The van der Waals surface area contributed by atoms with Gasteiger partial charge >= 0.3 is 0 Å². The van der Waals surface area contributed by atoms with Gasteiger partial charge in [-0.3, -0.25) is 0 Å². The van der Waals surface area contributed by atoms with Crippen LogP contribution in [0.15, 0.2) is 47.4 Å². The molecule has 0 heterocycles. The number of benzene rings is 2. The number of ether oxygens (including phenoxy) is 1. The molecule has 3 rings (SSSR count). The third kappa shape index (κ3) is 3.83. The van der Waals surface area contributed by atoms with Gasteiger partial charge in [-0.2, -0.15) is 0 Å². The van der Waals surface area contributed by atoms with Gasteiger partial charge in [0.1, 0.15) is 5.75 Å². The summed E-state index contributed by atoms with van der Waals surface area (Å²) in [4.78, 5) is 0.144. The lowest BCUT2D eigenvalue weighted by Crippen LogP contribution is -2.11. The second-order valence-corrected chi connectivity index (χ2v) is 7.94. The summed E-state index contributed by atoms with van der Waals surface area (Å²) >= 11 is 6.03. The fourth-order valence-electron chi connectivity index (χ4n) is 2.85. The predicted molar refractivity (Wildman–Crippen MR) is 95.2 cm³/mol. The SMILES string of the molecule is COc1ccc(Cl)cc1NC[C@H]1C[C@@H]1c1ccc(S(N)(=O)=O)cc1. The van der Waals surface area contributed by atoms with Crippen LogP contribution in [0.5, 0.6) is 5.75 Å². The number of primary sulfonamides is 1. The standard InChI is InChI=1S/C17H19ClN2O3S/c1-23-17-7-4-13(18)9-16(17)20-10-12-8-15(12)11-2-5-14(6-3-11)24(19,21)22/h2-7,9,12,15,20H,8,10H2,1H3,(H2,19,21,22)/t12-,15-/m1/s1. The second kappa shape index (κ2) is 6.63. The highest BCUT2D eigenvalue weighted by molar-refractivity contribution is 7.89. The maximum Gasteiger partial charge on any atom is 0.238 e. The molecule has 1 aliphatic carbocycles. The first-order valence-corrected chi connectivity index (χ1v) is 9.51. The molecule has 0 spiro atoms. The first kappa shape index (κ1) is 17.1. The van der Waals surface area contributed by atoms with Gasteiger partial charge in [-0.1, -0.05) is 23.7 Å². The Balaban J connectivity index is 1.61. The van der Waals surface area contributed by atoms with Crippen LogP contribution in [0.4, 0.5) is 5.69 Å². The van der Waals surface area contributed by atoms with Crippen molar-refractivity contribution in [3.05, 3.63) is 53.1 Å². The molecule has 3 N–H and O–H groups in total. The molecular weight excluding hydrogens is 348 g/mol. The van der Waals surface area contributed by atoms with E-state index in [2.05, 4.69) is 5.32 Å². The van der Waals surface area contributed by atoms with E-state index < -0.39 is 10.0 Å². The van der Waals surface area contributed by atoms with Crippen LogP contribution in [0, 0.1) is 5.92 Å². The molecule has 0 aliphatic heterocycles. The van der Waals surface area contributed by atoms with Crippen molar-refractivity contribution in [2.75, 3.05) is 19.0 Å². The molecule has 0 unspecified atom stereocenters. The number of nitrogens with two attached hydrogens (primary N) is 1. The molecule has 0 aromatic heterocycles. The average Bonchev–Trinajstić information content (AvgIpc) is 3.32. The van der Waals surface area contributed by atoms with Gasteiger partial charge in [0.05, 0.1) is 17.7 Å². The Morgan fingerprint density at radius 3 is 2.58 bits per heavy atom. The Bertz CT molecular complexity index is 837. The highest BCUT2D eigenvalue weighted by Crippen LogP contribution is 2.47. The molecule has 0 saturated heterocycles. The van der Waals surface area contributed by atoms with E-state index >= 15 is 0 Å². The quantitative estimate of drug-likeness (QED) is 0.822. The van der Waals surface area contributed by atoms with Gasteiger partial charge < -0.3 is 10.1 Å². The predicted octanol–water partition coefficient (Wildman–Crippen LogP) is 3.21. The van der Waals surface area contributed by atoms with Crippen LogP contribution in [-0.4, -0.2) is 22.1 Å². The number of rotatable bonds is 6. The molecule has 2 aromatic carbocycles. The number of methoxy groups -OCH3 is 1. The fraction of sp³-hybridized carbons (Fsp3) is 0.294. The molecule has 128 valence electrons. The van der Waals surface area contributed by atoms with Crippen LogP contribution in [0.3, 0.4) is 0 Å². The van der Waals surface area contributed by atoms with Gasteiger partial charge in [0.2, 0.25) is 10.0 Å². The Kier molecular flexibility index (Phi) is 4.71.